The Morgan fingerprint density at radius 1 is 1.22 bits per heavy atom. The van der Waals surface area contributed by atoms with Crippen molar-refractivity contribution in [3.63, 3.8) is 0 Å². The number of nitrogens with two attached hydrogens (primary N) is 1. The van der Waals surface area contributed by atoms with E-state index < -0.39 is 0 Å². The number of ether oxygens (including phenoxy) is 3. The first-order valence-corrected chi connectivity index (χ1v) is 9.12. The van der Waals surface area contributed by atoms with Gasteiger partial charge in [0, 0.05) is 26.2 Å². The number of methoxy groups -OCH3 is 2. The van der Waals surface area contributed by atoms with Crippen molar-refractivity contribution in [2.45, 2.75) is 19.9 Å². The zero-order chi connectivity index (χ0) is 18.9. The van der Waals surface area contributed by atoms with Crippen molar-refractivity contribution < 1.29 is 14.2 Å². The third kappa shape index (κ3) is 7.34. The predicted molar refractivity (Wildman–Crippen MR) is 119 cm³/mol. The molecule has 1 heterocycles. The van der Waals surface area contributed by atoms with E-state index in [1.807, 2.05) is 12.1 Å². The van der Waals surface area contributed by atoms with E-state index in [1.54, 1.807) is 14.2 Å². The largest absolute Gasteiger partial charge is 0.493 e. The molecule has 3 N–H and O–H groups in total. The number of rotatable bonds is 8. The summed E-state index contributed by atoms with van der Waals surface area (Å²) in [6.07, 6.45) is 0. The maximum Gasteiger partial charge on any atom is 0.188 e. The van der Waals surface area contributed by atoms with Gasteiger partial charge in [-0.25, -0.2) is 0 Å². The minimum absolute atomic E-state index is 0. The Morgan fingerprint density at radius 2 is 1.89 bits per heavy atom. The summed E-state index contributed by atoms with van der Waals surface area (Å²) in [5.74, 6) is 2.42. The molecule has 1 aliphatic heterocycles. The molecule has 7 nitrogen and oxygen atoms in total. The average molecular weight is 492 g/mol. The number of nitrogens with one attached hydrogen (secondary N) is 1. The van der Waals surface area contributed by atoms with Crippen molar-refractivity contribution in [3.05, 3.63) is 23.8 Å². The Morgan fingerprint density at radius 3 is 2.48 bits per heavy atom. The number of hydrogen-bond acceptors (Lipinski definition) is 5. The minimum atomic E-state index is 0. The van der Waals surface area contributed by atoms with Crippen LogP contribution in [0.5, 0.6) is 11.5 Å². The van der Waals surface area contributed by atoms with Crippen LogP contribution in [-0.2, 0) is 4.74 Å². The second-order valence-electron chi connectivity index (χ2n) is 6.78. The number of hydrogen-bond donors (Lipinski definition) is 2. The fourth-order valence-corrected chi connectivity index (χ4v) is 2.95. The van der Waals surface area contributed by atoms with Gasteiger partial charge in [0.1, 0.15) is 0 Å². The van der Waals surface area contributed by atoms with E-state index in [-0.39, 0.29) is 30.0 Å². The van der Waals surface area contributed by atoms with Gasteiger partial charge in [0.25, 0.3) is 0 Å². The fraction of sp³-hybridized carbons (Fsp3) is 0.632. The number of benzene rings is 1. The van der Waals surface area contributed by atoms with Crippen molar-refractivity contribution >= 4 is 29.9 Å². The average Bonchev–Trinajstić information content (AvgIpc) is 2.67. The van der Waals surface area contributed by atoms with Crippen LogP contribution in [0.25, 0.3) is 0 Å². The van der Waals surface area contributed by atoms with Crippen LogP contribution >= 0.6 is 24.0 Å². The second kappa shape index (κ2) is 12.2. The van der Waals surface area contributed by atoms with E-state index in [2.05, 4.69) is 35.1 Å². The molecule has 0 amide bonds. The van der Waals surface area contributed by atoms with Crippen LogP contribution in [0.3, 0.4) is 0 Å². The molecule has 0 spiro atoms. The summed E-state index contributed by atoms with van der Waals surface area (Å²) < 4.78 is 16.3. The zero-order valence-corrected chi connectivity index (χ0v) is 19.1. The van der Waals surface area contributed by atoms with Crippen molar-refractivity contribution in [1.82, 2.24) is 10.2 Å². The highest BCUT2D eigenvalue weighted by Gasteiger charge is 2.24. The number of nitrogens with zero attached hydrogens (tertiary/aromatic N) is 2. The lowest BCUT2D eigenvalue weighted by molar-refractivity contribution is 0.0170. The van der Waals surface area contributed by atoms with E-state index >= 15 is 0 Å². The molecule has 1 aromatic rings. The molecule has 1 atom stereocenters. The summed E-state index contributed by atoms with van der Waals surface area (Å²) in [5.41, 5.74) is 7.18. The highest BCUT2D eigenvalue weighted by molar-refractivity contribution is 14.0. The van der Waals surface area contributed by atoms with Crippen LogP contribution in [0.4, 0.5) is 0 Å². The van der Waals surface area contributed by atoms with Gasteiger partial charge in [-0.1, -0.05) is 19.9 Å². The molecule has 0 radical (unpaired) electrons. The lowest BCUT2D eigenvalue weighted by Gasteiger charge is -2.35. The van der Waals surface area contributed by atoms with E-state index in [0.29, 0.717) is 18.4 Å². The van der Waals surface area contributed by atoms with Gasteiger partial charge in [0.2, 0.25) is 0 Å². The SMILES string of the molecule is COc1ccc(C(CNC(N)=NCC(C)C)N2CCOCC2)cc1OC.I. The summed E-state index contributed by atoms with van der Waals surface area (Å²) in [6, 6.07) is 6.19. The van der Waals surface area contributed by atoms with Crippen LogP contribution in [0, 0.1) is 5.92 Å². The number of aliphatic imine (C=N–C) groups is 1. The van der Waals surface area contributed by atoms with E-state index in [0.717, 1.165) is 49.9 Å². The summed E-state index contributed by atoms with van der Waals surface area (Å²) in [4.78, 5) is 6.79. The molecule has 8 heteroatoms. The Hall–Kier alpha value is -1.26. The maximum atomic E-state index is 6.03. The Balaban J connectivity index is 0.00000364. The molecule has 0 bridgehead atoms. The van der Waals surface area contributed by atoms with Crippen LogP contribution < -0.4 is 20.5 Å². The molecule has 1 aromatic carbocycles. The smallest absolute Gasteiger partial charge is 0.188 e. The lowest BCUT2D eigenvalue weighted by atomic mass is 10.0. The minimum Gasteiger partial charge on any atom is -0.493 e. The van der Waals surface area contributed by atoms with Gasteiger partial charge in [-0.05, 0) is 23.6 Å². The van der Waals surface area contributed by atoms with Crippen molar-refractivity contribution in [2.24, 2.45) is 16.6 Å². The van der Waals surface area contributed by atoms with Crippen LogP contribution in [0.2, 0.25) is 0 Å². The zero-order valence-electron chi connectivity index (χ0n) is 16.7. The monoisotopic (exact) mass is 492 g/mol. The summed E-state index contributed by atoms with van der Waals surface area (Å²) in [5, 5.41) is 3.27. The first-order valence-electron chi connectivity index (χ1n) is 9.12. The summed E-state index contributed by atoms with van der Waals surface area (Å²) >= 11 is 0. The molecule has 0 aromatic heterocycles. The molecule has 0 saturated carbocycles. The fourth-order valence-electron chi connectivity index (χ4n) is 2.95. The van der Waals surface area contributed by atoms with Crippen molar-refractivity contribution in [2.75, 3.05) is 53.6 Å². The highest BCUT2D eigenvalue weighted by Crippen LogP contribution is 2.32. The van der Waals surface area contributed by atoms with Gasteiger partial charge >= 0.3 is 0 Å². The molecular weight excluding hydrogens is 459 g/mol. The Kier molecular flexibility index (Phi) is 10.8. The molecule has 1 fully saturated rings. The number of guanidine groups is 1. The van der Waals surface area contributed by atoms with E-state index in [9.17, 15) is 0 Å². The van der Waals surface area contributed by atoms with Crippen LogP contribution in [-0.4, -0.2) is 64.5 Å². The molecule has 2 rings (SSSR count). The van der Waals surface area contributed by atoms with Gasteiger partial charge in [0.05, 0.1) is 33.5 Å². The normalized spacial score (nSPS) is 16.6. The Labute approximate surface area is 179 Å². The first kappa shape index (κ1) is 23.8. The molecular formula is C19H33IN4O3. The van der Waals surface area contributed by atoms with Gasteiger partial charge in [0.15, 0.2) is 17.5 Å². The molecule has 1 aliphatic rings. The third-order valence-corrected chi connectivity index (χ3v) is 4.38. The van der Waals surface area contributed by atoms with E-state index in [4.69, 9.17) is 19.9 Å². The van der Waals surface area contributed by atoms with Gasteiger partial charge in [-0.2, -0.15) is 0 Å². The lowest BCUT2D eigenvalue weighted by Crippen LogP contribution is -2.45. The van der Waals surface area contributed by atoms with Crippen LogP contribution in [0.1, 0.15) is 25.5 Å². The Bertz CT molecular complexity index is 592. The quantitative estimate of drug-likeness (QED) is 0.329. The van der Waals surface area contributed by atoms with Gasteiger partial charge in [-0.3, -0.25) is 9.89 Å². The first-order chi connectivity index (χ1) is 12.5. The maximum absolute atomic E-state index is 6.03. The van der Waals surface area contributed by atoms with Crippen molar-refractivity contribution in [3.8, 4) is 11.5 Å². The molecule has 1 saturated heterocycles. The number of morpholine rings is 1. The van der Waals surface area contributed by atoms with E-state index in [1.165, 1.54) is 0 Å². The molecule has 154 valence electrons. The molecule has 27 heavy (non-hydrogen) atoms. The topological polar surface area (TPSA) is 81.3 Å². The third-order valence-electron chi connectivity index (χ3n) is 4.38. The van der Waals surface area contributed by atoms with Crippen LogP contribution in [0.15, 0.2) is 23.2 Å². The summed E-state index contributed by atoms with van der Waals surface area (Å²) in [6.45, 7) is 8.86. The molecule has 0 aliphatic carbocycles. The predicted octanol–water partition coefficient (Wildman–Crippen LogP) is 2.26. The number of halogens is 1. The van der Waals surface area contributed by atoms with Gasteiger partial charge < -0.3 is 25.3 Å². The second-order valence-corrected chi connectivity index (χ2v) is 6.78. The summed E-state index contributed by atoms with van der Waals surface area (Å²) in [7, 11) is 3.30. The molecule has 1 unspecified atom stereocenters. The van der Waals surface area contributed by atoms with Crippen molar-refractivity contribution in [1.29, 1.82) is 0 Å². The van der Waals surface area contributed by atoms with Gasteiger partial charge in [-0.15, -0.1) is 24.0 Å². The highest BCUT2D eigenvalue weighted by atomic mass is 127. The standard InChI is InChI=1S/C19H32N4O3.HI/c1-14(2)12-21-19(20)22-13-16(23-7-9-26-10-8-23)15-5-6-17(24-3)18(11-15)25-4;/h5-6,11,14,16H,7-10,12-13H2,1-4H3,(H3,20,21,22);1H.